The van der Waals surface area contributed by atoms with Gasteiger partial charge in [-0.25, -0.2) is 0 Å². The first kappa shape index (κ1) is 8.97. The zero-order valence-electron chi connectivity index (χ0n) is 7.01. The second-order valence-corrected chi connectivity index (χ2v) is 3.37. The molecule has 1 aliphatic rings. The van der Waals surface area contributed by atoms with Gasteiger partial charge in [0.2, 0.25) is 0 Å². The third kappa shape index (κ3) is 1.92. The van der Waals surface area contributed by atoms with E-state index in [9.17, 15) is 5.11 Å². The molecule has 1 rings (SSSR count). The number of nitrogens with one attached hydrogen (secondary N) is 1. The standard InChI is InChI=1S/C8H17NO2/c1-2-9-8(6-10)4-3-7(11)5-8/h7,9-11H,2-6H2,1H3. The molecule has 0 heterocycles. The van der Waals surface area contributed by atoms with Crippen LogP contribution in [0.5, 0.6) is 0 Å². The van der Waals surface area contributed by atoms with Crippen LogP contribution < -0.4 is 5.32 Å². The maximum atomic E-state index is 9.27. The van der Waals surface area contributed by atoms with Gasteiger partial charge in [0.25, 0.3) is 0 Å². The van der Waals surface area contributed by atoms with Gasteiger partial charge in [0.05, 0.1) is 12.7 Å². The van der Waals surface area contributed by atoms with Gasteiger partial charge in [-0.1, -0.05) is 6.92 Å². The van der Waals surface area contributed by atoms with Crippen LogP contribution in [0.1, 0.15) is 26.2 Å². The van der Waals surface area contributed by atoms with Gasteiger partial charge in [-0.15, -0.1) is 0 Å². The first-order chi connectivity index (χ1) is 5.22. The molecule has 0 bridgehead atoms. The average Bonchev–Trinajstić information content (AvgIpc) is 2.34. The molecule has 0 amide bonds. The number of aliphatic hydroxyl groups excluding tert-OH is 2. The smallest absolute Gasteiger partial charge is 0.0614 e. The molecule has 0 radical (unpaired) electrons. The van der Waals surface area contributed by atoms with Gasteiger partial charge in [-0.2, -0.15) is 0 Å². The summed E-state index contributed by atoms with van der Waals surface area (Å²) in [5.41, 5.74) is -0.186. The lowest BCUT2D eigenvalue weighted by Gasteiger charge is -2.27. The maximum Gasteiger partial charge on any atom is 0.0614 e. The van der Waals surface area contributed by atoms with Crippen LogP contribution in [0.2, 0.25) is 0 Å². The second kappa shape index (κ2) is 3.52. The molecule has 0 aromatic heterocycles. The lowest BCUT2D eigenvalue weighted by Crippen LogP contribution is -2.46. The van der Waals surface area contributed by atoms with Crippen LogP contribution in [0.25, 0.3) is 0 Å². The van der Waals surface area contributed by atoms with Crippen LogP contribution in [-0.4, -0.2) is 35.0 Å². The van der Waals surface area contributed by atoms with Gasteiger partial charge in [0, 0.05) is 5.54 Å². The third-order valence-electron chi connectivity index (χ3n) is 2.44. The predicted octanol–water partition coefficient (Wildman–Crippen LogP) is -0.128. The molecule has 0 aliphatic heterocycles. The van der Waals surface area contributed by atoms with Crippen LogP contribution in [0, 0.1) is 0 Å². The Balaban J connectivity index is 2.48. The second-order valence-electron chi connectivity index (χ2n) is 3.37. The van der Waals surface area contributed by atoms with Crippen molar-refractivity contribution in [3.8, 4) is 0 Å². The molecule has 2 atom stereocenters. The Kier molecular flexibility index (Phi) is 2.87. The molecule has 0 aromatic rings. The summed E-state index contributed by atoms with van der Waals surface area (Å²) in [6.45, 7) is 3.01. The lowest BCUT2D eigenvalue weighted by molar-refractivity contribution is 0.131. The third-order valence-corrected chi connectivity index (χ3v) is 2.44. The molecule has 0 aromatic carbocycles. The van der Waals surface area contributed by atoms with E-state index in [2.05, 4.69) is 5.32 Å². The van der Waals surface area contributed by atoms with Crippen LogP contribution in [0.4, 0.5) is 0 Å². The molecule has 11 heavy (non-hydrogen) atoms. The minimum atomic E-state index is -0.221. The summed E-state index contributed by atoms with van der Waals surface area (Å²) in [5, 5.41) is 21.6. The molecule has 1 aliphatic carbocycles. The summed E-state index contributed by atoms with van der Waals surface area (Å²) in [5.74, 6) is 0. The minimum absolute atomic E-state index is 0.137. The summed E-state index contributed by atoms with van der Waals surface area (Å²) >= 11 is 0. The summed E-state index contributed by atoms with van der Waals surface area (Å²) < 4.78 is 0. The highest BCUT2D eigenvalue weighted by Gasteiger charge is 2.36. The Morgan fingerprint density at radius 2 is 2.36 bits per heavy atom. The lowest BCUT2D eigenvalue weighted by atomic mass is 9.99. The van der Waals surface area contributed by atoms with E-state index in [0.29, 0.717) is 6.42 Å². The molecular weight excluding hydrogens is 142 g/mol. The highest BCUT2D eigenvalue weighted by atomic mass is 16.3. The van der Waals surface area contributed by atoms with Gasteiger partial charge >= 0.3 is 0 Å². The summed E-state index contributed by atoms with van der Waals surface area (Å²) in [6.07, 6.45) is 2.17. The quantitative estimate of drug-likeness (QED) is 0.538. The predicted molar refractivity (Wildman–Crippen MR) is 43.4 cm³/mol. The molecule has 0 spiro atoms. The number of aliphatic hydroxyl groups is 2. The Bertz CT molecular complexity index is 125. The van der Waals surface area contributed by atoms with Crippen LogP contribution in [-0.2, 0) is 0 Å². The fraction of sp³-hybridized carbons (Fsp3) is 1.00. The molecule has 3 N–H and O–H groups in total. The van der Waals surface area contributed by atoms with Crippen molar-refractivity contribution in [3.63, 3.8) is 0 Å². The van der Waals surface area contributed by atoms with Crippen molar-refractivity contribution in [1.82, 2.24) is 5.32 Å². The fourth-order valence-electron chi connectivity index (χ4n) is 1.83. The normalized spacial score (nSPS) is 37.9. The molecule has 1 fully saturated rings. The maximum absolute atomic E-state index is 9.27. The first-order valence-corrected chi connectivity index (χ1v) is 4.26. The Hall–Kier alpha value is -0.120. The van der Waals surface area contributed by atoms with E-state index < -0.39 is 0 Å². The van der Waals surface area contributed by atoms with Crippen molar-refractivity contribution in [1.29, 1.82) is 0 Å². The first-order valence-electron chi connectivity index (χ1n) is 4.26. The van der Waals surface area contributed by atoms with E-state index >= 15 is 0 Å². The Morgan fingerprint density at radius 3 is 2.73 bits per heavy atom. The minimum Gasteiger partial charge on any atom is -0.394 e. The monoisotopic (exact) mass is 159 g/mol. The topological polar surface area (TPSA) is 52.5 Å². The molecule has 2 unspecified atom stereocenters. The summed E-state index contributed by atoms with van der Waals surface area (Å²) in [6, 6.07) is 0. The average molecular weight is 159 g/mol. The van der Waals surface area contributed by atoms with E-state index in [4.69, 9.17) is 5.11 Å². The molecule has 3 nitrogen and oxygen atoms in total. The van der Waals surface area contributed by atoms with E-state index in [1.807, 2.05) is 6.92 Å². The van der Waals surface area contributed by atoms with Crippen molar-refractivity contribution in [3.05, 3.63) is 0 Å². The van der Waals surface area contributed by atoms with Gasteiger partial charge in [0.1, 0.15) is 0 Å². The van der Waals surface area contributed by atoms with Crippen molar-refractivity contribution < 1.29 is 10.2 Å². The molecule has 3 heteroatoms. The van der Waals surface area contributed by atoms with Crippen LogP contribution in [0.3, 0.4) is 0 Å². The highest BCUT2D eigenvalue weighted by Crippen LogP contribution is 2.29. The largest absolute Gasteiger partial charge is 0.394 e. The number of hydrogen-bond acceptors (Lipinski definition) is 3. The van der Waals surface area contributed by atoms with E-state index in [-0.39, 0.29) is 18.2 Å². The van der Waals surface area contributed by atoms with Gasteiger partial charge in [0.15, 0.2) is 0 Å². The highest BCUT2D eigenvalue weighted by molar-refractivity contribution is 4.95. The SMILES string of the molecule is CCNC1(CO)CCC(O)C1. The van der Waals surface area contributed by atoms with Crippen molar-refractivity contribution in [2.24, 2.45) is 0 Å². The van der Waals surface area contributed by atoms with Crippen LogP contribution >= 0.6 is 0 Å². The molecular formula is C8H17NO2. The van der Waals surface area contributed by atoms with Gasteiger partial charge < -0.3 is 15.5 Å². The van der Waals surface area contributed by atoms with E-state index in [1.165, 1.54) is 0 Å². The van der Waals surface area contributed by atoms with E-state index in [1.54, 1.807) is 0 Å². The number of rotatable bonds is 3. The number of likely N-dealkylation sites (N-methyl/N-ethyl adjacent to an activating group) is 1. The Morgan fingerprint density at radius 1 is 1.64 bits per heavy atom. The molecule has 66 valence electrons. The zero-order valence-corrected chi connectivity index (χ0v) is 7.01. The van der Waals surface area contributed by atoms with Crippen molar-refractivity contribution in [2.45, 2.75) is 37.8 Å². The number of hydrogen-bond donors (Lipinski definition) is 3. The zero-order chi connectivity index (χ0) is 8.32. The fourth-order valence-corrected chi connectivity index (χ4v) is 1.83. The molecule has 1 saturated carbocycles. The van der Waals surface area contributed by atoms with Crippen molar-refractivity contribution >= 4 is 0 Å². The van der Waals surface area contributed by atoms with Gasteiger partial charge in [-0.05, 0) is 25.8 Å². The van der Waals surface area contributed by atoms with Crippen molar-refractivity contribution in [2.75, 3.05) is 13.2 Å². The van der Waals surface area contributed by atoms with Crippen LogP contribution in [0.15, 0.2) is 0 Å². The Labute approximate surface area is 67.4 Å². The summed E-state index contributed by atoms with van der Waals surface area (Å²) in [7, 11) is 0. The molecule has 0 saturated heterocycles. The summed E-state index contributed by atoms with van der Waals surface area (Å²) in [4.78, 5) is 0. The van der Waals surface area contributed by atoms with Gasteiger partial charge in [-0.3, -0.25) is 0 Å². The van der Waals surface area contributed by atoms with E-state index in [0.717, 1.165) is 19.4 Å².